The van der Waals surface area contributed by atoms with Crippen molar-refractivity contribution < 1.29 is 8.95 Å². The van der Waals surface area contributed by atoms with E-state index in [1.165, 1.54) is 0 Å². The Labute approximate surface area is 129 Å². The second-order valence-corrected chi connectivity index (χ2v) is 7.00. The maximum Gasteiger partial charge on any atom is 0.120 e. The first-order chi connectivity index (χ1) is 10.2. The number of nitrogens with zero attached hydrogens (tertiary/aromatic N) is 1. The molecule has 0 bridgehead atoms. The van der Waals surface area contributed by atoms with E-state index < -0.39 is 10.8 Å². The molecule has 21 heavy (non-hydrogen) atoms. The van der Waals surface area contributed by atoms with Gasteiger partial charge >= 0.3 is 0 Å². The van der Waals surface area contributed by atoms with Gasteiger partial charge in [-0.05, 0) is 30.3 Å². The Morgan fingerprint density at radius 1 is 1.29 bits per heavy atom. The first kappa shape index (κ1) is 14.0. The normalized spacial score (nSPS) is 12.4. The third-order valence-electron chi connectivity index (χ3n) is 3.06. The van der Waals surface area contributed by atoms with Crippen LogP contribution in [0.2, 0.25) is 0 Å². The van der Waals surface area contributed by atoms with Gasteiger partial charge in [0.1, 0.15) is 10.8 Å². The lowest BCUT2D eigenvalue weighted by molar-refractivity contribution is 0.413. The molecule has 0 spiro atoms. The quantitative estimate of drug-likeness (QED) is 0.750. The summed E-state index contributed by atoms with van der Waals surface area (Å²) >= 11 is 1.56. The number of fused-ring (bicyclic) bond motifs is 1. The number of nitrogen functional groups attached to an aromatic ring is 1. The highest BCUT2D eigenvalue weighted by Gasteiger charge is 2.13. The number of anilines is 1. The highest BCUT2D eigenvalue weighted by Crippen LogP contribution is 2.27. The smallest absolute Gasteiger partial charge is 0.120 e. The van der Waals surface area contributed by atoms with Crippen molar-refractivity contribution in [3.63, 3.8) is 0 Å². The molecular weight excluding hydrogens is 304 g/mol. The molecule has 1 unspecified atom stereocenters. The minimum absolute atomic E-state index is 0.358. The summed E-state index contributed by atoms with van der Waals surface area (Å²) < 4.78 is 18.8. The molecule has 2 aromatic carbocycles. The van der Waals surface area contributed by atoms with Gasteiger partial charge in [0.2, 0.25) is 0 Å². The molecule has 1 heterocycles. The zero-order valence-corrected chi connectivity index (χ0v) is 13.0. The van der Waals surface area contributed by atoms with Crippen LogP contribution < -0.4 is 10.5 Å². The standard InChI is InChI=1S/C15H14N2O2S2/c1-19-10-6-7-11(16)14(8-10)21(18)9-15-17-12-4-2-3-5-13(12)20-15/h2-8H,9,16H2,1H3. The average Bonchev–Trinajstić information content (AvgIpc) is 2.89. The summed E-state index contributed by atoms with van der Waals surface area (Å²) in [5.74, 6) is 1.01. The van der Waals surface area contributed by atoms with Crippen LogP contribution in [0.3, 0.4) is 0 Å². The second kappa shape index (κ2) is 5.83. The highest BCUT2D eigenvalue weighted by atomic mass is 32.2. The van der Waals surface area contributed by atoms with Gasteiger partial charge in [0, 0.05) is 5.69 Å². The molecule has 0 saturated heterocycles. The molecule has 1 atom stereocenters. The SMILES string of the molecule is COc1ccc(N)c(S(=O)Cc2nc3ccccc3s2)c1. The maximum absolute atomic E-state index is 12.5. The first-order valence-electron chi connectivity index (χ1n) is 6.33. The summed E-state index contributed by atoms with van der Waals surface area (Å²) in [6, 6.07) is 13.1. The van der Waals surface area contributed by atoms with Crippen molar-refractivity contribution in [2.24, 2.45) is 0 Å². The molecule has 0 aliphatic rings. The van der Waals surface area contributed by atoms with Gasteiger partial charge in [-0.15, -0.1) is 11.3 Å². The van der Waals surface area contributed by atoms with Gasteiger partial charge in [-0.2, -0.15) is 0 Å². The number of hydrogen-bond acceptors (Lipinski definition) is 5. The molecule has 0 radical (unpaired) electrons. The van der Waals surface area contributed by atoms with Crippen molar-refractivity contribution in [1.82, 2.24) is 4.98 Å². The number of rotatable bonds is 4. The molecule has 0 fully saturated rings. The molecule has 0 saturated carbocycles. The number of thiazole rings is 1. The Kier molecular flexibility index (Phi) is 3.90. The van der Waals surface area contributed by atoms with E-state index in [9.17, 15) is 4.21 Å². The van der Waals surface area contributed by atoms with E-state index in [4.69, 9.17) is 10.5 Å². The third-order valence-corrected chi connectivity index (χ3v) is 5.66. The number of para-hydroxylation sites is 1. The van der Waals surface area contributed by atoms with Crippen molar-refractivity contribution in [2.45, 2.75) is 10.6 Å². The maximum atomic E-state index is 12.5. The summed E-state index contributed by atoms with van der Waals surface area (Å²) in [5.41, 5.74) is 7.36. The van der Waals surface area contributed by atoms with Crippen LogP contribution in [0.5, 0.6) is 5.75 Å². The molecule has 6 heteroatoms. The van der Waals surface area contributed by atoms with Crippen LogP contribution in [0.15, 0.2) is 47.4 Å². The molecule has 3 aromatic rings. The zero-order valence-electron chi connectivity index (χ0n) is 11.4. The van der Waals surface area contributed by atoms with Crippen molar-refractivity contribution in [3.8, 4) is 5.75 Å². The van der Waals surface area contributed by atoms with Gasteiger partial charge < -0.3 is 10.5 Å². The number of aromatic nitrogens is 1. The molecular formula is C15H14N2O2S2. The van der Waals surface area contributed by atoms with Gasteiger partial charge in [-0.1, -0.05) is 12.1 Å². The number of methoxy groups -OCH3 is 1. The minimum atomic E-state index is -1.24. The lowest BCUT2D eigenvalue weighted by atomic mass is 10.3. The highest BCUT2D eigenvalue weighted by molar-refractivity contribution is 7.84. The fourth-order valence-electron chi connectivity index (χ4n) is 2.01. The fourth-order valence-corrected chi connectivity index (χ4v) is 4.35. The lowest BCUT2D eigenvalue weighted by Gasteiger charge is -2.07. The predicted molar refractivity (Wildman–Crippen MR) is 87.1 cm³/mol. The van der Waals surface area contributed by atoms with Crippen molar-refractivity contribution in [2.75, 3.05) is 12.8 Å². The van der Waals surface area contributed by atoms with Gasteiger partial charge in [0.25, 0.3) is 0 Å². The summed E-state index contributed by atoms with van der Waals surface area (Å²) in [6.45, 7) is 0. The summed E-state index contributed by atoms with van der Waals surface area (Å²) in [6.07, 6.45) is 0. The van der Waals surface area contributed by atoms with E-state index in [2.05, 4.69) is 4.98 Å². The third kappa shape index (κ3) is 2.91. The second-order valence-electron chi connectivity index (χ2n) is 4.47. The van der Waals surface area contributed by atoms with Gasteiger partial charge in [0.15, 0.2) is 0 Å². The lowest BCUT2D eigenvalue weighted by Crippen LogP contribution is -2.01. The Balaban J connectivity index is 1.89. The molecule has 0 aliphatic heterocycles. The van der Waals surface area contributed by atoms with Crippen molar-refractivity contribution in [1.29, 1.82) is 0 Å². The van der Waals surface area contributed by atoms with Crippen LogP contribution in [0.4, 0.5) is 5.69 Å². The van der Waals surface area contributed by atoms with E-state index in [0.29, 0.717) is 22.1 Å². The number of hydrogen-bond donors (Lipinski definition) is 1. The van der Waals surface area contributed by atoms with Crippen molar-refractivity contribution >= 4 is 38.0 Å². The molecule has 108 valence electrons. The fraction of sp³-hybridized carbons (Fsp3) is 0.133. The largest absolute Gasteiger partial charge is 0.497 e. The van der Waals surface area contributed by atoms with Crippen LogP contribution in [0.1, 0.15) is 5.01 Å². The van der Waals surface area contributed by atoms with Gasteiger partial charge in [-0.25, -0.2) is 4.98 Å². The van der Waals surface area contributed by atoms with E-state index in [1.54, 1.807) is 36.6 Å². The summed E-state index contributed by atoms with van der Waals surface area (Å²) in [7, 11) is 0.334. The molecule has 2 N–H and O–H groups in total. The van der Waals surface area contributed by atoms with Crippen LogP contribution in [0, 0.1) is 0 Å². The molecule has 0 amide bonds. The Morgan fingerprint density at radius 3 is 2.86 bits per heavy atom. The molecule has 0 aliphatic carbocycles. The Bertz CT molecular complexity index is 781. The van der Waals surface area contributed by atoms with Crippen LogP contribution in [-0.2, 0) is 16.6 Å². The van der Waals surface area contributed by atoms with Gasteiger partial charge in [0.05, 0.1) is 38.8 Å². The molecule has 1 aromatic heterocycles. The van der Waals surface area contributed by atoms with Crippen LogP contribution >= 0.6 is 11.3 Å². The van der Waals surface area contributed by atoms with E-state index in [1.807, 2.05) is 24.3 Å². The minimum Gasteiger partial charge on any atom is -0.497 e. The Morgan fingerprint density at radius 2 is 2.10 bits per heavy atom. The average molecular weight is 318 g/mol. The Hall–Kier alpha value is -1.92. The zero-order chi connectivity index (χ0) is 14.8. The van der Waals surface area contributed by atoms with Crippen molar-refractivity contribution in [3.05, 3.63) is 47.5 Å². The summed E-state index contributed by atoms with van der Waals surface area (Å²) in [4.78, 5) is 5.10. The summed E-state index contributed by atoms with van der Waals surface area (Å²) in [5, 5.41) is 0.844. The number of nitrogens with two attached hydrogens (primary N) is 1. The predicted octanol–water partition coefficient (Wildman–Crippen LogP) is 3.19. The van der Waals surface area contributed by atoms with Gasteiger partial charge in [-0.3, -0.25) is 4.21 Å². The monoisotopic (exact) mass is 318 g/mol. The molecule has 3 rings (SSSR count). The first-order valence-corrected chi connectivity index (χ1v) is 8.47. The van der Waals surface area contributed by atoms with E-state index in [0.717, 1.165) is 15.2 Å². The number of ether oxygens (including phenoxy) is 1. The molecule has 4 nitrogen and oxygen atoms in total. The topological polar surface area (TPSA) is 65.2 Å². The van der Waals surface area contributed by atoms with E-state index >= 15 is 0 Å². The van der Waals surface area contributed by atoms with Crippen LogP contribution in [0.25, 0.3) is 10.2 Å². The van der Waals surface area contributed by atoms with Crippen LogP contribution in [-0.4, -0.2) is 16.3 Å². The number of benzene rings is 2. The van der Waals surface area contributed by atoms with E-state index in [-0.39, 0.29) is 0 Å².